The predicted molar refractivity (Wildman–Crippen MR) is 72.9 cm³/mol. The number of fused-ring (bicyclic) bond motifs is 1. The fourth-order valence-electron chi connectivity index (χ4n) is 2.41. The maximum atomic E-state index is 12.4. The molecule has 1 amide bonds. The summed E-state index contributed by atoms with van der Waals surface area (Å²) in [6.07, 6.45) is 2.66. The normalized spacial score (nSPS) is 13.0. The first-order chi connectivity index (χ1) is 10.1. The summed E-state index contributed by atoms with van der Waals surface area (Å²) in [7, 11) is 0. The topological polar surface area (TPSA) is 90.7 Å². The summed E-state index contributed by atoms with van der Waals surface area (Å²) in [6, 6.07) is 6.29. The van der Waals surface area contributed by atoms with Crippen molar-refractivity contribution in [2.75, 3.05) is 0 Å². The van der Waals surface area contributed by atoms with Gasteiger partial charge in [0, 0.05) is 19.3 Å². The van der Waals surface area contributed by atoms with Gasteiger partial charge in [-0.2, -0.15) is 0 Å². The number of aromatic nitrogens is 1. The average molecular weight is 284 g/mol. The monoisotopic (exact) mass is 284 g/mol. The lowest BCUT2D eigenvalue weighted by Crippen LogP contribution is -2.25. The molecule has 1 aromatic heterocycles. The van der Waals surface area contributed by atoms with E-state index in [9.17, 15) is 14.7 Å². The summed E-state index contributed by atoms with van der Waals surface area (Å²) >= 11 is 0. The first-order valence-electron chi connectivity index (χ1n) is 6.33. The van der Waals surface area contributed by atoms with Gasteiger partial charge in [0.1, 0.15) is 5.75 Å². The highest BCUT2D eigenvalue weighted by Gasteiger charge is 2.26. The van der Waals surface area contributed by atoms with Crippen LogP contribution in [0.2, 0.25) is 0 Å². The molecule has 0 radical (unpaired) electrons. The zero-order valence-electron chi connectivity index (χ0n) is 11.0. The van der Waals surface area contributed by atoms with Crippen LogP contribution in [0.25, 0.3) is 0 Å². The largest absolute Gasteiger partial charge is 0.505 e. The minimum Gasteiger partial charge on any atom is -0.505 e. The number of carboxylic acid groups (broad SMARTS) is 1. The smallest absolute Gasteiger partial charge is 0.335 e. The highest BCUT2D eigenvalue weighted by atomic mass is 16.4. The highest BCUT2D eigenvalue weighted by Crippen LogP contribution is 2.27. The molecular formula is C15H12N2O4. The number of aromatic carboxylic acids is 1. The summed E-state index contributed by atoms with van der Waals surface area (Å²) in [5, 5.41) is 18.7. The van der Waals surface area contributed by atoms with Crippen LogP contribution in [0.4, 0.5) is 0 Å². The van der Waals surface area contributed by atoms with Gasteiger partial charge in [0.15, 0.2) is 0 Å². The van der Waals surface area contributed by atoms with Crippen molar-refractivity contribution < 1.29 is 19.8 Å². The molecule has 6 heteroatoms. The first kappa shape index (κ1) is 13.1. The fourth-order valence-corrected chi connectivity index (χ4v) is 2.41. The van der Waals surface area contributed by atoms with Crippen LogP contribution in [0.5, 0.6) is 5.75 Å². The molecule has 0 aliphatic carbocycles. The summed E-state index contributed by atoms with van der Waals surface area (Å²) in [5.74, 6) is -1.46. The number of amides is 1. The number of nitrogens with zero attached hydrogens (tertiary/aromatic N) is 2. The van der Waals surface area contributed by atoms with E-state index in [0.717, 1.165) is 11.1 Å². The molecule has 0 saturated carbocycles. The van der Waals surface area contributed by atoms with E-state index in [2.05, 4.69) is 4.98 Å². The second kappa shape index (κ2) is 4.90. The van der Waals surface area contributed by atoms with Crippen molar-refractivity contribution in [3.8, 4) is 5.75 Å². The molecule has 2 N–H and O–H groups in total. The van der Waals surface area contributed by atoms with Gasteiger partial charge in [0.2, 0.25) is 0 Å². The number of carbonyl (C=O) groups is 2. The molecule has 0 atom stereocenters. The van der Waals surface area contributed by atoms with Gasteiger partial charge in [-0.15, -0.1) is 0 Å². The predicted octanol–water partition coefficient (Wildman–Crippen LogP) is 1.64. The summed E-state index contributed by atoms with van der Waals surface area (Å²) < 4.78 is 0. The van der Waals surface area contributed by atoms with Crippen LogP contribution < -0.4 is 0 Å². The van der Waals surface area contributed by atoms with Crippen LogP contribution in [-0.4, -0.2) is 32.0 Å². The van der Waals surface area contributed by atoms with Gasteiger partial charge in [-0.05, 0) is 29.3 Å². The Morgan fingerprint density at radius 3 is 2.62 bits per heavy atom. The van der Waals surface area contributed by atoms with E-state index in [0.29, 0.717) is 13.1 Å². The van der Waals surface area contributed by atoms with Crippen LogP contribution >= 0.6 is 0 Å². The van der Waals surface area contributed by atoms with Gasteiger partial charge in [-0.1, -0.05) is 6.07 Å². The number of carbonyl (C=O) groups excluding carboxylic acids is 1. The second-order valence-corrected chi connectivity index (χ2v) is 4.84. The van der Waals surface area contributed by atoms with E-state index in [4.69, 9.17) is 5.11 Å². The molecule has 1 aliphatic heterocycles. The Morgan fingerprint density at radius 1 is 1.14 bits per heavy atom. The van der Waals surface area contributed by atoms with E-state index in [1.165, 1.54) is 24.5 Å². The maximum Gasteiger partial charge on any atom is 0.335 e. The van der Waals surface area contributed by atoms with Crippen LogP contribution in [0.3, 0.4) is 0 Å². The highest BCUT2D eigenvalue weighted by molar-refractivity contribution is 5.97. The number of carboxylic acids is 1. The third-order valence-corrected chi connectivity index (χ3v) is 3.49. The van der Waals surface area contributed by atoms with Crippen molar-refractivity contribution in [2.24, 2.45) is 0 Å². The molecule has 106 valence electrons. The van der Waals surface area contributed by atoms with E-state index in [1.54, 1.807) is 17.0 Å². The van der Waals surface area contributed by atoms with Gasteiger partial charge < -0.3 is 15.1 Å². The molecule has 1 aromatic carbocycles. The lowest BCUT2D eigenvalue weighted by Gasteiger charge is -2.15. The molecular weight excluding hydrogens is 272 g/mol. The van der Waals surface area contributed by atoms with Gasteiger partial charge in [-0.25, -0.2) is 4.79 Å². The lowest BCUT2D eigenvalue weighted by atomic mass is 10.1. The third kappa shape index (κ3) is 2.31. The molecule has 1 aliphatic rings. The van der Waals surface area contributed by atoms with E-state index < -0.39 is 5.97 Å². The SMILES string of the molecule is O=C(O)c1ccc2c(c1)CN(C(=O)c1ccncc1O)C2. The minimum atomic E-state index is -0.991. The number of aromatic hydroxyl groups is 1. The average Bonchev–Trinajstić information content (AvgIpc) is 2.89. The quantitative estimate of drug-likeness (QED) is 0.874. The molecule has 0 bridgehead atoms. The Labute approximate surface area is 120 Å². The lowest BCUT2D eigenvalue weighted by molar-refractivity contribution is 0.0696. The van der Waals surface area contributed by atoms with Gasteiger partial charge in [-0.3, -0.25) is 9.78 Å². The van der Waals surface area contributed by atoms with Crippen LogP contribution in [0.1, 0.15) is 31.8 Å². The van der Waals surface area contributed by atoms with Gasteiger partial charge in [0.25, 0.3) is 5.91 Å². The van der Waals surface area contributed by atoms with Gasteiger partial charge >= 0.3 is 5.97 Å². The van der Waals surface area contributed by atoms with Crippen molar-refractivity contribution in [3.63, 3.8) is 0 Å². The molecule has 0 unspecified atom stereocenters. The van der Waals surface area contributed by atoms with Crippen LogP contribution in [0, 0.1) is 0 Å². The second-order valence-electron chi connectivity index (χ2n) is 4.84. The molecule has 6 nitrogen and oxygen atoms in total. The summed E-state index contributed by atoms with van der Waals surface area (Å²) in [6.45, 7) is 0.729. The van der Waals surface area contributed by atoms with E-state index in [-0.39, 0.29) is 22.8 Å². The Bertz CT molecular complexity index is 742. The summed E-state index contributed by atoms with van der Waals surface area (Å²) in [5.41, 5.74) is 2.13. The summed E-state index contributed by atoms with van der Waals surface area (Å²) in [4.78, 5) is 28.6. The molecule has 0 saturated heterocycles. The number of hydrogen-bond acceptors (Lipinski definition) is 4. The van der Waals surface area contributed by atoms with Crippen LogP contribution in [-0.2, 0) is 13.1 Å². The number of benzene rings is 1. The van der Waals surface area contributed by atoms with Gasteiger partial charge in [0.05, 0.1) is 17.3 Å². The van der Waals surface area contributed by atoms with E-state index in [1.807, 2.05) is 0 Å². The third-order valence-electron chi connectivity index (χ3n) is 3.49. The van der Waals surface area contributed by atoms with Crippen molar-refractivity contribution in [1.29, 1.82) is 0 Å². The Balaban J connectivity index is 1.86. The number of pyridine rings is 1. The molecule has 2 aromatic rings. The Morgan fingerprint density at radius 2 is 1.90 bits per heavy atom. The van der Waals surface area contributed by atoms with Crippen LogP contribution in [0.15, 0.2) is 36.7 Å². The molecule has 0 fully saturated rings. The van der Waals surface area contributed by atoms with Crippen molar-refractivity contribution in [2.45, 2.75) is 13.1 Å². The maximum absolute atomic E-state index is 12.4. The minimum absolute atomic E-state index is 0.162. The number of hydrogen-bond donors (Lipinski definition) is 2. The molecule has 21 heavy (non-hydrogen) atoms. The zero-order chi connectivity index (χ0) is 15.0. The number of rotatable bonds is 2. The van der Waals surface area contributed by atoms with Crippen molar-refractivity contribution >= 4 is 11.9 Å². The fraction of sp³-hybridized carbons (Fsp3) is 0.133. The van der Waals surface area contributed by atoms with Crippen molar-refractivity contribution in [1.82, 2.24) is 9.88 Å². The zero-order valence-corrected chi connectivity index (χ0v) is 11.0. The van der Waals surface area contributed by atoms with Crippen molar-refractivity contribution in [3.05, 3.63) is 58.9 Å². The van der Waals surface area contributed by atoms with E-state index >= 15 is 0 Å². The molecule has 3 rings (SSSR count). The Hall–Kier alpha value is -2.89. The molecule has 2 heterocycles. The standard InChI is InChI=1S/C15H12N2O4/c18-13-6-16-4-3-12(13)14(19)17-7-10-2-1-9(15(20)21)5-11(10)8-17/h1-6,18H,7-8H2,(H,20,21). The molecule has 0 spiro atoms. The Kier molecular flexibility index (Phi) is 3.06. The first-order valence-corrected chi connectivity index (χ1v) is 6.33.